The average molecular weight is 265 g/mol. The van der Waals surface area contributed by atoms with Gasteiger partial charge in [-0.05, 0) is 35.4 Å². The number of nitrogens with two attached hydrogens (primary N) is 1. The molecule has 0 aromatic heterocycles. The van der Waals surface area contributed by atoms with Crippen molar-refractivity contribution >= 4 is 12.0 Å². The number of halogens is 3. The van der Waals surface area contributed by atoms with Gasteiger partial charge in [0.15, 0.2) is 6.29 Å². The van der Waals surface area contributed by atoms with Gasteiger partial charge in [-0.25, -0.2) is 0 Å². The molecule has 0 fully saturated rings. The van der Waals surface area contributed by atoms with Crippen LogP contribution in [0.2, 0.25) is 0 Å². The van der Waals surface area contributed by atoms with Gasteiger partial charge in [0.2, 0.25) is 0 Å². The molecule has 2 aromatic rings. The SMILES string of the molecule is Nc1ccc(-c2ccc(C(F)(F)F)cc2)cc1C=O. The number of carbonyl (C=O) groups excluding carboxylic acids is 1. The summed E-state index contributed by atoms with van der Waals surface area (Å²) in [6.07, 6.45) is -3.74. The Kier molecular flexibility index (Phi) is 3.29. The molecular formula is C14H10F3NO. The first-order valence-electron chi connectivity index (χ1n) is 5.44. The Bertz CT molecular complexity index is 603. The van der Waals surface area contributed by atoms with Gasteiger partial charge in [0.1, 0.15) is 0 Å². The van der Waals surface area contributed by atoms with E-state index in [1.165, 1.54) is 12.1 Å². The third-order valence-corrected chi connectivity index (χ3v) is 2.76. The molecular weight excluding hydrogens is 255 g/mol. The van der Waals surface area contributed by atoms with Crippen LogP contribution in [0.4, 0.5) is 18.9 Å². The molecule has 0 aliphatic rings. The van der Waals surface area contributed by atoms with Crippen LogP contribution >= 0.6 is 0 Å². The van der Waals surface area contributed by atoms with Gasteiger partial charge in [0.05, 0.1) is 5.56 Å². The monoisotopic (exact) mass is 265 g/mol. The second-order valence-electron chi connectivity index (χ2n) is 4.04. The molecule has 0 spiro atoms. The van der Waals surface area contributed by atoms with Gasteiger partial charge in [-0.1, -0.05) is 18.2 Å². The van der Waals surface area contributed by atoms with Crippen LogP contribution in [0.15, 0.2) is 42.5 Å². The van der Waals surface area contributed by atoms with E-state index in [4.69, 9.17) is 5.73 Å². The highest BCUT2D eigenvalue weighted by Gasteiger charge is 2.29. The maximum atomic E-state index is 12.4. The summed E-state index contributed by atoms with van der Waals surface area (Å²) in [5, 5.41) is 0. The predicted octanol–water partition coefficient (Wildman–Crippen LogP) is 3.77. The van der Waals surface area contributed by atoms with Crippen LogP contribution in [0.3, 0.4) is 0 Å². The van der Waals surface area contributed by atoms with Gasteiger partial charge >= 0.3 is 6.18 Å². The lowest BCUT2D eigenvalue weighted by atomic mass is 10.0. The van der Waals surface area contributed by atoms with Gasteiger partial charge in [0.25, 0.3) is 0 Å². The summed E-state index contributed by atoms with van der Waals surface area (Å²) in [5.74, 6) is 0. The number of hydrogen-bond donors (Lipinski definition) is 1. The standard InChI is InChI=1S/C14H10F3NO/c15-14(16,17)12-4-1-9(2-5-12)10-3-6-13(18)11(7-10)8-19/h1-8H,18H2. The molecule has 2 rings (SSSR count). The van der Waals surface area contributed by atoms with E-state index in [1.54, 1.807) is 18.2 Å². The highest BCUT2D eigenvalue weighted by atomic mass is 19.4. The number of benzene rings is 2. The fraction of sp³-hybridized carbons (Fsp3) is 0.0714. The summed E-state index contributed by atoms with van der Waals surface area (Å²) < 4.78 is 37.3. The molecule has 2 N–H and O–H groups in total. The lowest BCUT2D eigenvalue weighted by molar-refractivity contribution is -0.137. The normalized spacial score (nSPS) is 11.3. The summed E-state index contributed by atoms with van der Waals surface area (Å²) in [4.78, 5) is 10.8. The Balaban J connectivity index is 2.40. The third-order valence-electron chi connectivity index (χ3n) is 2.76. The number of rotatable bonds is 2. The van der Waals surface area contributed by atoms with Crippen molar-refractivity contribution in [1.82, 2.24) is 0 Å². The summed E-state index contributed by atoms with van der Waals surface area (Å²) >= 11 is 0. The van der Waals surface area contributed by atoms with Crippen molar-refractivity contribution in [3.63, 3.8) is 0 Å². The van der Waals surface area contributed by atoms with Crippen LogP contribution in [0.25, 0.3) is 11.1 Å². The van der Waals surface area contributed by atoms with E-state index in [2.05, 4.69) is 0 Å². The number of anilines is 1. The zero-order chi connectivity index (χ0) is 14.0. The Morgan fingerprint density at radius 3 is 2.05 bits per heavy atom. The van der Waals surface area contributed by atoms with E-state index in [0.717, 1.165) is 12.1 Å². The highest BCUT2D eigenvalue weighted by Crippen LogP contribution is 2.31. The maximum Gasteiger partial charge on any atom is 0.416 e. The molecule has 0 aliphatic heterocycles. The van der Waals surface area contributed by atoms with Crippen molar-refractivity contribution in [3.05, 3.63) is 53.6 Å². The minimum absolute atomic E-state index is 0.317. The van der Waals surface area contributed by atoms with Crippen LogP contribution in [-0.4, -0.2) is 6.29 Å². The summed E-state index contributed by atoms with van der Waals surface area (Å²) in [6, 6.07) is 9.50. The van der Waals surface area contributed by atoms with E-state index >= 15 is 0 Å². The fourth-order valence-electron chi connectivity index (χ4n) is 1.71. The van der Waals surface area contributed by atoms with Crippen LogP contribution < -0.4 is 5.73 Å². The number of aldehydes is 1. The topological polar surface area (TPSA) is 43.1 Å². The van der Waals surface area contributed by atoms with Crippen molar-refractivity contribution in [2.24, 2.45) is 0 Å². The maximum absolute atomic E-state index is 12.4. The van der Waals surface area contributed by atoms with Crippen molar-refractivity contribution in [3.8, 4) is 11.1 Å². The Morgan fingerprint density at radius 1 is 0.947 bits per heavy atom. The van der Waals surface area contributed by atoms with E-state index in [0.29, 0.717) is 28.7 Å². The van der Waals surface area contributed by atoms with Gasteiger partial charge in [-0.3, -0.25) is 4.79 Å². The highest BCUT2D eigenvalue weighted by molar-refractivity contribution is 5.86. The number of carbonyl (C=O) groups is 1. The molecule has 0 amide bonds. The number of alkyl halides is 3. The molecule has 0 bridgehead atoms. The van der Waals surface area contributed by atoms with Gasteiger partial charge in [-0.2, -0.15) is 13.2 Å². The summed E-state index contributed by atoms with van der Waals surface area (Å²) in [6.45, 7) is 0. The molecule has 0 saturated heterocycles. The molecule has 2 aromatic carbocycles. The van der Waals surface area contributed by atoms with E-state index in [-0.39, 0.29) is 0 Å². The average Bonchev–Trinajstić information content (AvgIpc) is 2.38. The van der Waals surface area contributed by atoms with Crippen LogP contribution in [0.5, 0.6) is 0 Å². The lowest BCUT2D eigenvalue weighted by Crippen LogP contribution is -2.04. The molecule has 0 unspecified atom stereocenters. The lowest BCUT2D eigenvalue weighted by Gasteiger charge is -2.08. The van der Waals surface area contributed by atoms with E-state index in [9.17, 15) is 18.0 Å². The van der Waals surface area contributed by atoms with Crippen LogP contribution in [0.1, 0.15) is 15.9 Å². The summed E-state index contributed by atoms with van der Waals surface area (Å²) in [5.41, 5.74) is 6.77. The van der Waals surface area contributed by atoms with Crippen molar-refractivity contribution in [2.45, 2.75) is 6.18 Å². The first-order valence-corrected chi connectivity index (χ1v) is 5.44. The van der Waals surface area contributed by atoms with E-state index in [1.807, 2.05) is 0 Å². The Morgan fingerprint density at radius 2 is 1.53 bits per heavy atom. The van der Waals surface area contributed by atoms with Crippen molar-refractivity contribution in [1.29, 1.82) is 0 Å². The molecule has 2 nitrogen and oxygen atoms in total. The number of nitrogen functional groups attached to an aromatic ring is 1. The van der Waals surface area contributed by atoms with Crippen molar-refractivity contribution < 1.29 is 18.0 Å². The second-order valence-corrected chi connectivity index (χ2v) is 4.04. The molecule has 0 aliphatic carbocycles. The van der Waals surface area contributed by atoms with Crippen molar-refractivity contribution in [2.75, 3.05) is 5.73 Å². The first-order chi connectivity index (χ1) is 8.91. The van der Waals surface area contributed by atoms with Gasteiger partial charge in [0, 0.05) is 11.3 Å². The van der Waals surface area contributed by atoms with Gasteiger partial charge < -0.3 is 5.73 Å². The summed E-state index contributed by atoms with van der Waals surface area (Å²) in [7, 11) is 0. The molecule has 0 saturated carbocycles. The van der Waals surface area contributed by atoms with Gasteiger partial charge in [-0.15, -0.1) is 0 Å². The fourth-order valence-corrected chi connectivity index (χ4v) is 1.71. The molecule has 98 valence electrons. The molecule has 0 atom stereocenters. The predicted molar refractivity (Wildman–Crippen MR) is 66.7 cm³/mol. The first kappa shape index (κ1) is 13.1. The zero-order valence-corrected chi connectivity index (χ0v) is 9.74. The smallest absolute Gasteiger partial charge is 0.398 e. The molecule has 19 heavy (non-hydrogen) atoms. The Labute approximate surface area is 107 Å². The minimum Gasteiger partial charge on any atom is -0.398 e. The third kappa shape index (κ3) is 2.76. The molecule has 5 heteroatoms. The molecule has 0 radical (unpaired) electrons. The second kappa shape index (κ2) is 4.76. The number of hydrogen-bond acceptors (Lipinski definition) is 2. The zero-order valence-electron chi connectivity index (χ0n) is 9.74. The minimum atomic E-state index is -4.35. The van der Waals surface area contributed by atoms with Crippen LogP contribution in [0, 0.1) is 0 Å². The largest absolute Gasteiger partial charge is 0.416 e. The molecule has 0 heterocycles. The Hall–Kier alpha value is -2.30. The quantitative estimate of drug-likeness (QED) is 0.663. The van der Waals surface area contributed by atoms with E-state index < -0.39 is 11.7 Å². The van der Waals surface area contributed by atoms with Crippen LogP contribution in [-0.2, 0) is 6.18 Å².